The van der Waals surface area contributed by atoms with Crippen LogP contribution in [0.5, 0.6) is 0 Å². The molecule has 5 rings (SSSR count). The number of hydrogen-bond donors (Lipinski definition) is 1. The number of para-hydroxylation sites is 1. The van der Waals surface area contributed by atoms with Crippen molar-refractivity contribution in [3.63, 3.8) is 0 Å². The Bertz CT molecular complexity index is 1450. The lowest BCUT2D eigenvalue weighted by atomic mass is 9.97. The third kappa shape index (κ3) is 5.34. The number of aryl methyl sites for hydroxylation is 1. The maximum atomic E-state index is 13.4. The van der Waals surface area contributed by atoms with Gasteiger partial charge in [0, 0.05) is 57.3 Å². The van der Waals surface area contributed by atoms with Gasteiger partial charge in [-0.2, -0.15) is 4.31 Å². The van der Waals surface area contributed by atoms with E-state index < -0.39 is 10.0 Å². The summed E-state index contributed by atoms with van der Waals surface area (Å²) in [6.07, 6.45) is 1.30. The van der Waals surface area contributed by atoms with Gasteiger partial charge in [-0.3, -0.25) is 9.59 Å². The number of rotatable bonds is 5. The molecule has 3 aromatic rings. The number of amides is 2. The molecule has 2 aliphatic rings. The molecule has 1 N–H and O–H groups in total. The minimum absolute atomic E-state index is 0.00859. The summed E-state index contributed by atoms with van der Waals surface area (Å²) in [7, 11) is -3.75. The molecule has 200 valence electrons. The number of anilines is 2. The Morgan fingerprint density at radius 2 is 1.66 bits per heavy atom. The molecule has 2 aliphatic heterocycles. The number of piperidine rings is 1. The van der Waals surface area contributed by atoms with E-state index in [1.54, 1.807) is 12.1 Å². The van der Waals surface area contributed by atoms with Gasteiger partial charge in [-0.25, -0.2) is 18.4 Å². The van der Waals surface area contributed by atoms with Gasteiger partial charge in [0.25, 0.3) is 0 Å². The molecule has 38 heavy (non-hydrogen) atoms. The van der Waals surface area contributed by atoms with Crippen LogP contribution in [0.2, 0.25) is 0 Å². The Labute approximate surface area is 222 Å². The maximum absolute atomic E-state index is 13.4. The quantitative estimate of drug-likeness (QED) is 0.533. The molecule has 1 atom stereocenters. The second-order valence-electron chi connectivity index (χ2n) is 9.83. The molecule has 0 saturated carbocycles. The summed E-state index contributed by atoms with van der Waals surface area (Å²) in [5.41, 5.74) is 1.44. The number of carbonyl (C=O) groups is 2. The highest BCUT2D eigenvalue weighted by Gasteiger charge is 2.36. The fourth-order valence-electron chi connectivity index (χ4n) is 5.24. The zero-order chi connectivity index (χ0) is 26.9. The lowest BCUT2D eigenvalue weighted by Crippen LogP contribution is -2.53. The molecule has 1 unspecified atom stereocenters. The molecule has 3 heterocycles. The average Bonchev–Trinajstić information content (AvgIpc) is 2.92. The molecular weight excluding hydrogens is 504 g/mol. The number of hydrogen-bond acceptors (Lipinski definition) is 7. The van der Waals surface area contributed by atoms with E-state index in [2.05, 4.69) is 20.2 Å². The second-order valence-corrected chi connectivity index (χ2v) is 11.8. The van der Waals surface area contributed by atoms with Crippen LogP contribution in [0.1, 0.15) is 25.6 Å². The van der Waals surface area contributed by atoms with Crippen LogP contribution in [0.3, 0.4) is 0 Å². The van der Waals surface area contributed by atoms with Crippen LogP contribution in [0, 0.1) is 12.8 Å². The third-order valence-electron chi connectivity index (χ3n) is 7.13. The van der Waals surface area contributed by atoms with Crippen molar-refractivity contribution in [2.45, 2.75) is 31.6 Å². The Kier molecular flexibility index (Phi) is 7.31. The zero-order valence-corrected chi connectivity index (χ0v) is 22.4. The SMILES string of the molecule is CC(=O)Nc1ccc(S(=O)(=O)N2CCCC(C(=O)N3CCN(c4nc(C)nc5ccccc45)CC3)C2)cc1. The Hall–Kier alpha value is -3.57. The Balaban J connectivity index is 1.23. The number of fused-ring (bicyclic) bond motifs is 1. The first kappa shape index (κ1) is 26.1. The summed E-state index contributed by atoms with van der Waals surface area (Å²) in [5, 5.41) is 3.63. The van der Waals surface area contributed by atoms with Gasteiger partial charge >= 0.3 is 0 Å². The van der Waals surface area contributed by atoms with Gasteiger partial charge in [0.1, 0.15) is 11.6 Å². The van der Waals surface area contributed by atoms with Crippen LogP contribution in [0.4, 0.5) is 11.5 Å². The lowest BCUT2D eigenvalue weighted by Gasteiger charge is -2.39. The highest BCUT2D eigenvalue weighted by molar-refractivity contribution is 7.89. The van der Waals surface area contributed by atoms with Gasteiger partial charge in [0.15, 0.2) is 0 Å². The number of aromatic nitrogens is 2. The summed E-state index contributed by atoms with van der Waals surface area (Å²) < 4.78 is 28.0. The fraction of sp³-hybridized carbons (Fsp3) is 0.407. The fourth-order valence-corrected chi connectivity index (χ4v) is 6.76. The number of carbonyl (C=O) groups excluding carboxylic acids is 2. The highest BCUT2D eigenvalue weighted by atomic mass is 32.2. The minimum Gasteiger partial charge on any atom is -0.352 e. The predicted molar refractivity (Wildman–Crippen MR) is 145 cm³/mol. The monoisotopic (exact) mass is 536 g/mol. The molecule has 2 saturated heterocycles. The van der Waals surface area contributed by atoms with Crippen molar-refractivity contribution in [3.05, 3.63) is 54.4 Å². The zero-order valence-electron chi connectivity index (χ0n) is 21.6. The van der Waals surface area contributed by atoms with Crippen LogP contribution in [-0.2, 0) is 19.6 Å². The van der Waals surface area contributed by atoms with Crippen molar-refractivity contribution in [2.75, 3.05) is 49.5 Å². The smallest absolute Gasteiger partial charge is 0.243 e. The normalized spacial score (nSPS) is 18.9. The molecule has 2 amide bonds. The van der Waals surface area contributed by atoms with Gasteiger partial charge < -0.3 is 15.1 Å². The van der Waals surface area contributed by atoms with E-state index >= 15 is 0 Å². The van der Waals surface area contributed by atoms with Gasteiger partial charge in [-0.15, -0.1) is 0 Å². The average molecular weight is 537 g/mol. The number of sulfonamides is 1. The Morgan fingerprint density at radius 3 is 2.37 bits per heavy atom. The van der Waals surface area contributed by atoms with Crippen molar-refractivity contribution >= 4 is 44.2 Å². The molecule has 10 nitrogen and oxygen atoms in total. The molecule has 11 heteroatoms. The first-order valence-corrected chi connectivity index (χ1v) is 14.3. The first-order chi connectivity index (χ1) is 18.2. The molecule has 0 aliphatic carbocycles. The second kappa shape index (κ2) is 10.7. The molecule has 0 radical (unpaired) electrons. The predicted octanol–water partition coefficient (Wildman–Crippen LogP) is 2.65. The minimum atomic E-state index is -3.75. The van der Waals surface area contributed by atoms with Crippen molar-refractivity contribution < 1.29 is 18.0 Å². The van der Waals surface area contributed by atoms with Crippen LogP contribution >= 0.6 is 0 Å². The van der Waals surface area contributed by atoms with Gasteiger partial charge in [-0.1, -0.05) is 12.1 Å². The largest absolute Gasteiger partial charge is 0.352 e. The molecule has 1 aromatic heterocycles. The summed E-state index contributed by atoms with van der Waals surface area (Å²) in [5.74, 6) is 1.02. The Morgan fingerprint density at radius 1 is 0.947 bits per heavy atom. The highest BCUT2D eigenvalue weighted by Crippen LogP contribution is 2.28. The number of piperazine rings is 1. The lowest BCUT2D eigenvalue weighted by molar-refractivity contribution is -0.137. The molecule has 0 bridgehead atoms. The van der Waals surface area contributed by atoms with E-state index in [-0.39, 0.29) is 29.2 Å². The van der Waals surface area contributed by atoms with Crippen molar-refractivity contribution in [1.82, 2.24) is 19.2 Å². The van der Waals surface area contributed by atoms with Gasteiger partial charge in [0.05, 0.1) is 16.3 Å². The van der Waals surface area contributed by atoms with Crippen molar-refractivity contribution in [1.29, 1.82) is 0 Å². The summed E-state index contributed by atoms with van der Waals surface area (Å²) in [6, 6.07) is 14.1. The first-order valence-electron chi connectivity index (χ1n) is 12.9. The van der Waals surface area contributed by atoms with E-state index in [1.165, 1.54) is 23.4 Å². The van der Waals surface area contributed by atoms with E-state index in [1.807, 2.05) is 36.1 Å². The topological polar surface area (TPSA) is 116 Å². The summed E-state index contributed by atoms with van der Waals surface area (Å²) >= 11 is 0. The van der Waals surface area contributed by atoms with E-state index in [0.717, 1.165) is 16.7 Å². The molecular formula is C27H32N6O4S. The van der Waals surface area contributed by atoms with Gasteiger partial charge in [0.2, 0.25) is 21.8 Å². The maximum Gasteiger partial charge on any atom is 0.243 e. The van der Waals surface area contributed by atoms with Crippen molar-refractivity contribution in [3.8, 4) is 0 Å². The number of nitrogens with zero attached hydrogens (tertiary/aromatic N) is 5. The van der Waals surface area contributed by atoms with Crippen molar-refractivity contribution in [2.24, 2.45) is 5.92 Å². The van der Waals surface area contributed by atoms with Gasteiger partial charge in [-0.05, 0) is 56.2 Å². The van der Waals surface area contributed by atoms with Crippen LogP contribution in [-0.4, -0.2) is 78.7 Å². The molecule has 2 fully saturated rings. The summed E-state index contributed by atoms with van der Waals surface area (Å²) in [4.78, 5) is 38.1. The third-order valence-corrected chi connectivity index (χ3v) is 9.01. The molecule has 0 spiro atoms. The van der Waals surface area contributed by atoms with E-state index in [0.29, 0.717) is 57.1 Å². The van der Waals surface area contributed by atoms with Crippen LogP contribution in [0.15, 0.2) is 53.4 Å². The number of benzene rings is 2. The van der Waals surface area contributed by atoms with Crippen LogP contribution in [0.25, 0.3) is 10.9 Å². The molecule has 2 aromatic carbocycles. The number of nitrogens with one attached hydrogen (secondary N) is 1. The van der Waals surface area contributed by atoms with Crippen LogP contribution < -0.4 is 10.2 Å². The summed E-state index contributed by atoms with van der Waals surface area (Å²) in [6.45, 7) is 6.26. The standard InChI is InChI=1S/C27H32N6O4S/c1-19-28-25-8-4-3-7-24(25)26(29-19)31-14-16-32(17-15-31)27(35)21-6-5-13-33(18-21)38(36,37)23-11-9-22(10-12-23)30-20(2)34/h3-4,7-12,21H,5-6,13-18H2,1-2H3,(H,30,34). The van der Waals surface area contributed by atoms with E-state index in [4.69, 9.17) is 0 Å². The van der Waals surface area contributed by atoms with E-state index in [9.17, 15) is 18.0 Å².